The van der Waals surface area contributed by atoms with Gasteiger partial charge in [-0.15, -0.1) is 11.6 Å². The predicted octanol–water partition coefficient (Wildman–Crippen LogP) is 22.3. The lowest BCUT2D eigenvalue weighted by atomic mass is 9.79. The fraction of sp³-hybridized carbons (Fsp3) is 0.243. The third kappa shape index (κ3) is 8.19. The zero-order chi connectivity index (χ0) is 54.5. The Morgan fingerprint density at radius 3 is 1.38 bits per heavy atom. The number of aromatic nitrogens is 2. The van der Waals surface area contributed by atoms with Crippen LogP contribution in [-0.2, 0) is 16.2 Å². The summed E-state index contributed by atoms with van der Waals surface area (Å²) < 4.78 is 4.91. The fourth-order valence-electron chi connectivity index (χ4n) is 12.6. The lowest BCUT2D eigenvalue weighted by molar-refractivity contribution is 0.480. The van der Waals surface area contributed by atoms with Crippen LogP contribution < -0.4 is 0 Å². The Morgan fingerprint density at radius 2 is 0.872 bits per heavy atom. The molecule has 1 aliphatic rings. The summed E-state index contributed by atoms with van der Waals surface area (Å²) in [4.78, 5) is 0. The summed E-state index contributed by atoms with van der Waals surface area (Å²) in [5.74, 6) is 0. The molecule has 0 radical (unpaired) electrons. The van der Waals surface area contributed by atoms with Crippen molar-refractivity contribution in [3.05, 3.63) is 208 Å². The van der Waals surface area contributed by atoms with Crippen molar-refractivity contribution < 1.29 is 0 Å². The second-order valence-corrected chi connectivity index (χ2v) is 27.4. The zero-order valence-corrected chi connectivity index (χ0v) is 48.7. The highest BCUT2D eigenvalue weighted by Gasteiger charge is 2.33. The van der Waals surface area contributed by atoms with Gasteiger partial charge in [-0.1, -0.05) is 203 Å². The molecule has 0 spiro atoms. The molecule has 2 heterocycles. The van der Waals surface area contributed by atoms with Gasteiger partial charge in [-0.25, -0.2) is 0 Å². The van der Waals surface area contributed by atoms with Crippen molar-refractivity contribution in [3.8, 4) is 33.6 Å². The summed E-state index contributed by atoms with van der Waals surface area (Å²) in [5, 5.41) is 13.7. The van der Waals surface area contributed by atoms with Crippen LogP contribution in [0.15, 0.2) is 175 Å². The van der Waals surface area contributed by atoms with Crippen LogP contribution in [0.3, 0.4) is 0 Å². The smallest absolute Gasteiger partial charge is 0.0784 e. The summed E-state index contributed by atoms with van der Waals surface area (Å²) in [7, 11) is 0. The van der Waals surface area contributed by atoms with Crippen LogP contribution in [0.2, 0.25) is 5.02 Å². The van der Waals surface area contributed by atoms with E-state index in [1.807, 2.05) is 0 Å². The molecule has 2 nitrogen and oxygen atoms in total. The van der Waals surface area contributed by atoms with E-state index in [1.54, 1.807) is 0 Å². The molecule has 12 aromatic rings. The van der Waals surface area contributed by atoms with Gasteiger partial charge in [-0.3, -0.25) is 0 Å². The van der Waals surface area contributed by atoms with Gasteiger partial charge in [-0.05, 0) is 183 Å². The number of halogens is 2. The normalized spacial score (nSPS) is 14.7. The maximum absolute atomic E-state index is 7.76. The molecule has 0 saturated carbocycles. The first kappa shape index (κ1) is 50.4. The van der Waals surface area contributed by atoms with Crippen LogP contribution in [0.25, 0.3) is 116 Å². The minimum Gasteiger partial charge on any atom is -0.311 e. The molecule has 1 atom stereocenters. The predicted molar refractivity (Wildman–Crippen MR) is 340 cm³/mol. The van der Waals surface area contributed by atoms with Crippen molar-refractivity contribution in [1.82, 2.24) is 9.13 Å². The largest absolute Gasteiger partial charge is 0.311 e. The molecule has 0 N–H and O–H groups in total. The van der Waals surface area contributed by atoms with E-state index in [9.17, 15) is 0 Å². The molecule has 0 amide bonds. The van der Waals surface area contributed by atoms with Gasteiger partial charge >= 0.3 is 0 Å². The first-order chi connectivity index (χ1) is 37.0. The Hall–Kier alpha value is -7.10. The second kappa shape index (κ2) is 17.7. The van der Waals surface area contributed by atoms with Crippen molar-refractivity contribution in [3.63, 3.8) is 0 Å². The molecule has 4 heteroatoms. The van der Waals surface area contributed by atoms with Gasteiger partial charge in [0.2, 0.25) is 0 Å². The maximum Gasteiger partial charge on any atom is 0.0784 e. The lowest BCUT2D eigenvalue weighted by Gasteiger charge is -2.30. The quantitative estimate of drug-likeness (QED) is 0.123. The summed E-state index contributed by atoms with van der Waals surface area (Å²) in [5.41, 5.74) is 17.7. The first-order valence-corrected chi connectivity index (χ1v) is 28.7. The molecule has 0 fully saturated rings. The van der Waals surface area contributed by atoms with Gasteiger partial charge in [-0.2, -0.15) is 0 Å². The van der Waals surface area contributed by atoms with E-state index in [0.29, 0.717) is 0 Å². The molecule has 1 unspecified atom stereocenters. The van der Waals surface area contributed by atoms with Crippen LogP contribution in [-0.4, -0.2) is 9.13 Å². The number of allylic oxidation sites excluding steroid dienone is 1. The number of hydrogen-bond acceptors (Lipinski definition) is 0. The molecule has 0 bridgehead atoms. The summed E-state index contributed by atoms with van der Waals surface area (Å²) in [6.07, 6.45) is 3.25. The minimum absolute atomic E-state index is 0.0158. The Balaban J connectivity index is 1.17. The van der Waals surface area contributed by atoms with Crippen LogP contribution in [0.1, 0.15) is 123 Å². The maximum atomic E-state index is 7.76. The summed E-state index contributed by atoms with van der Waals surface area (Å²) in [6.45, 7) is 27.6. The van der Waals surface area contributed by atoms with Gasteiger partial charge in [0.1, 0.15) is 0 Å². The molecule has 10 aromatic carbocycles. The summed E-state index contributed by atoms with van der Waals surface area (Å²) in [6, 6.07) is 64.5. The van der Waals surface area contributed by atoms with E-state index in [2.05, 4.69) is 268 Å². The number of nitrogens with zero attached hydrogens (tertiary/aromatic N) is 2. The number of hydrogen-bond donors (Lipinski definition) is 0. The molecular weight excluding hydrogens is 988 g/mol. The van der Waals surface area contributed by atoms with E-state index < -0.39 is 0 Å². The number of fused-ring (bicyclic) bond motifs is 10. The highest BCUT2D eigenvalue weighted by atomic mass is 35.5. The number of rotatable bonds is 4. The van der Waals surface area contributed by atoms with Gasteiger partial charge in [0, 0.05) is 38.8 Å². The van der Waals surface area contributed by atoms with Crippen molar-refractivity contribution in [2.75, 3.05) is 0 Å². The van der Waals surface area contributed by atoms with E-state index in [1.165, 1.54) is 115 Å². The molecular formula is C74H68Cl2N2. The Kier molecular flexibility index (Phi) is 11.4. The molecule has 0 aliphatic heterocycles. The van der Waals surface area contributed by atoms with Gasteiger partial charge in [0.15, 0.2) is 0 Å². The topological polar surface area (TPSA) is 9.86 Å². The Bertz CT molecular complexity index is 4530. The Morgan fingerprint density at radius 1 is 0.397 bits per heavy atom. The number of benzene rings is 10. The average Bonchev–Trinajstić information content (AvgIpc) is 4.01. The van der Waals surface area contributed by atoms with Gasteiger partial charge in [0.25, 0.3) is 0 Å². The van der Waals surface area contributed by atoms with Crippen LogP contribution in [0, 0.1) is 5.41 Å². The molecule has 13 rings (SSSR count). The molecule has 0 saturated heterocycles. The SMILES string of the molecule is CC(C)(C)C1=Cc2c(n(-c3ccc4c(-c5ccc6ccccc6c5)c5cc(-n6c7ccc(C(C)(C)C)cc7c7cc(C(C)(C)C)cc(Cl)c76)ccc5c(-c5ccc6ccccc6c5)c4c3)c3ccc(C(C)(C)C)cc23)C(Cl)C1. The lowest BCUT2D eigenvalue weighted by Crippen LogP contribution is -2.16. The van der Waals surface area contributed by atoms with E-state index in [-0.39, 0.29) is 27.0 Å². The van der Waals surface area contributed by atoms with E-state index >= 15 is 0 Å². The number of alkyl halides is 1. The molecule has 388 valence electrons. The monoisotopic (exact) mass is 1050 g/mol. The van der Waals surface area contributed by atoms with Crippen LogP contribution in [0.5, 0.6) is 0 Å². The zero-order valence-electron chi connectivity index (χ0n) is 47.2. The minimum atomic E-state index is -0.210. The molecule has 1 aliphatic carbocycles. The van der Waals surface area contributed by atoms with Crippen molar-refractivity contribution in [1.29, 1.82) is 0 Å². The van der Waals surface area contributed by atoms with Crippen LogP contribution in [0.4, 0.5) is 0 Å². The Labute approximate surface area is 469 Å². The standard InChI is InChI=1S/C74H68Cl2N2/c1-71(2,3)49-25-31-65-57(35-49)61-37-51(73(7,8)9)39-63(75)69(61)77(65)53-27-29-55-59(41-53)67(47-23-21-43-17-13-15-19-45(43)33-47)56-30-28-54(42-60(56)68(55)48-24-22-44-18-14-16-20-46(44)34-48)78-66-32-26-50(72(4,5)6)36-58(66)62-38-52(74(10,11)12)40-64(76)70(62)78/h13-39,41-42,64H,40H2,1-12H3. The van der Waals surface area contributed by atoms with Crippen molar-refractivity contribution >= 4 is 105 Å². The highest BCUT2D eigenvalue weighted by Crippen LogP contribution is 2.51. The van der Waals surface area contributed by atoms with Crippen molar-refractivity contribution in [2.24, 2.45) is 5.41 Å². The molecule has 2 aromatic heterocycles. The second-order valence-electron chi connectivity index (χ2n) is 26.5. The highest BCUT2D eigenvalue weighted by molar-refractivity contribution is 6.37. The molecule has 78 heavy (non-hydrogen) atoms. The van der Waals surface area contributed by atoms with E-state index in [4.69, 9.17) is 23.2 Å². The average molecular weight is 1060 g/mol. The fourth-order valence-corrected chi connectivity index (χ4v) is 13.3. The third-order valence-electron chi connectivity index (χ3n) is 17.1. The van der Waals surface area contributed by atoms with Gasteiger partial charge < -0.3 is 9.13 Å². The van der Waals surface area contributed by atoms with Crippen molar-refractivity contribution in [2.45, 2.75) is 111 Å². The van der Waals surface area contributed by atoms with Crippen LogP contribution >= 0.6 is 23.2 Å². The first-order valence-electron chi connectivity index (χ1n) is 27.9. The van der Waals surface area contributed by atoms with Gasteiger partial charge in [0.05, 0.1) is 26.9 Å². The third-order valence-corrected chi connectivity index (χ3v) is 17.8. The van der Waals surface area contributed by atoms with E-state index in [0.717, 1.165) is 39.5 Å². The summed E-state index contributed by atoms with van der Waals surface area (Å²) >= 11 is 15.4.